The van der Waals surface area contributed by atoms with Gasteiger partial charge in [-0.05, 0) is 102 Å². The van der Waals surface area contributed by atoms with Crippen LogP contribution in [-0.4, -0.2) is 44.4 Å². The number of nitrogens with one attached hydrogen (secondary N) is 4. The molecule has 0 bridgehead atoms. The summed E-state index contributed by atoms with van der Waals surface area (Å²) in [6, 6.07) is 23.5. The summed E-state index contributed by atoms with van der Waals surface area (Å²) in [6.07, 6.45) is 5.02. The van der Waals surface area contributed by atoms with Gasteiger partial charge in [-0.2, -0.15) is 0 Å². The molecule has 1 aliphatic rings. The van der Waals surface area contributed by atoms with Gasteiger partial charge in [0.1, 0.15) is 12.4 Å². The number of phenols is 2. The molecule has 4 aromatic carbocycles. The van der Waals surface area contributed by atoms with Crippen LogP contribution in [0.15, 0.2) is 89.8 Å². The molecular weight excluding hydrogens is 604 g/mol. The van der Waals surface area contributed by atoms with Crippen LogP contribution in [0.5, 0.6) is 17.2 Å². The molecule has 1 aliphatic heterocycles. The maximum absolute atomic E-state index is 13.0. The van der Waals surface area contributed by atoms with Crippen molar-refractivity contribution >= 4 is 27.4 Å². The lowest BCUT2D eigenvalue weighted by atomic mass is 9.94. The Bertz CT molecular complexity index is 1730. The fourth-order valence-electron chi connectivity index (χ4n) is 5.33. The molecule has 0 saturated heterocycles. The molecule has 11 heteroatoms. The number of urea groups is 1. The van der Waals surface area contributed by atoms with Gasteiger partial charge in [-0.1, -0.05) is 50.5 Å². The lowest BCUT2D eigenvalue weighted by Crippen LogP contribution is -2.33. The normalized spacial score (nSPS) is 14.2. The molecule has 0 radical (unpaired) electrons. The number of unbranched alkanes of at least 4 members (excludes halogenated alkanes) is 3. The number of rotatable bonds is 13. The Morgan fingerprint density at radius 1 is 0.870 bits per heavy atom. The minimum atomic E-state index is -3.83. The van der Waals surface area contributed by atoms with E-state index in [1.807, 2.05) is 36.4 Å². The molecule has 242 valence electrons. The summed E-state index contributed by atoms with van der Waals surface area (Å²) in [5.41, 5.74) is 4.68. The number of anilines is 2. The van der Waals surface area contributed by atoms with E-state index in [1.54, 1.807) is 36.4 Å². The lowest BCUT2D eigenvalue weighted by Gasteiger charge is -2.27. The van der Waals surface area contributed by atoms with Crippen LogP contribution in [0.25, 0.3) is 11.1 Å². The van der Waals surface area contributed by atoms with Crippen molar-refractivity contribution in [1.29, 1.82) is 0 Å². The van der Waals surface area contributed by atoms with Crippen molar-refractivity contribution < 1.29 is 28.2 Å². The van der Waals surface area contributed by atoms with Crippen molar-refractivity contribution in [2.75, 3.05) is 29.7 Å². The average molecular weight is 645 g/mol. The topological polar surface area (TPSA) is 149 Å². The molecule has 1 heterocycles. The highest BCUT2D eigenvalue weighted by Crippen LogP contribution is 2.34. The molecule has 0 saturated carbocycles. The van der Waals surface area contributed by atoms with Gasteiger partial charge in [-0.3, -0.25) is 4.72 Å². The number of fused-ring (bicyclic) bond motifs is 1. The number of hydrogen-bond donors (Lipinski definition) is 6. The van der Waals surface area contributed by atoms with Crippen LogP contribution in [-0.2, 0) is 16.4 Å². The van der Waals surface area contributed by atoms with Crippen LogP contribution in [0.2, 0.25) is 0 Å². The Balaban J connectivity index is 1.13. The maximum Gasteiger partial charge on any atom is 0.319 e. The number of amides is 2. The molecule has 0 fully saturated rings. The maximum atomic E-state index is 13.0. The van der Waals surface area contributed by atoms with E-state index in [1.165, 1.54) is 12.1 Å². The molecule has 4 aromatic rings. The Hall–Kier alpha value is -4.74. The molecular formula is C35H40N4O6S. The Labute approximate surface area is 269 Å². The monoisotopic (exact) mass is 644 g/mol. The molecule has 6 N–H and O–H groups in total. The smallest absolute Gasteiger partial charge is 0.319 e. The number of carbonyl (C=O) groups is 1. The van der Waals surface area contributed by atoms with Crippen LogP contribution in [0.1, 0.15) is 49.8 Å². The zero-order valence-electron chi connectivity index (χ0n) is 25.8. The van der Waals surface area contributed by atoms with Crippen LogP contribution in [0.4, 0.5) is 16.2 Å². The van der Waals surface area contributed by atoms with E-state index in [-0.39, 0.29) is 28.5 Å². The predicted octanol–water partition coefficient (Wildman–Crippen LogP) is 6.53. The van der Waals surface area contributed by atoms with Gasteiger partial charge in [-0.15, -0.1) is 0 Å². The number of ether oxygens (including phenoxy) is 1. The van der Waals surface area contributed by atoms with Gasteiger partial charge in [0.2, 0.25) is 0 Å². The quantitative estimate of drug-likeness (QED) is 0.0716. The summed E-state index contributed by atoms with van der Waals surface area (Å²) in [5, 5.41) is 28.7. The van der Waals surface area contributed by atoms with Crippen LogP contribution in [0.3, 0.4) is 0 Å². The highest BCUT2D eigenvalue weighted by Gasteiger charge is 2.22. The fraction of sp³-hybridized carbons (Fsp3) is 0.286. The summed E-state index contributed by atoms with van der Waals surface area (Å²) in [7, 11) is -3.83. The second-order valence-electron chi connectivity index (χ2n) is 11.3. The Kier molecular flexibility index (Phi) is 10.7. The Morgan fingerprint density at radius 3 is 2.22 bits per heavy atom. The summed E-state index contributed by atoms with van der Waals surface area (Å²) in [5.74, 6) is 0.429. The van der Waals surface area contributed by atoms with E-state index < -0.39 is 10.0 Å². The van der Waals surface area contributed by atoms with Crippen molar-refractivity contribution in [2.45, 2.75) is 50.0 Å². The van der Waals surface area contributed by atoms with Gasteiger partial charge < -0.3 is 30.9 Å². The van der Waals surface area contributed by atoms with Crippen LogP contribution < -0.4 is 25.4 Å². The number of aromatic hydroxyl groups is 2. The summed E-state index contributed by atoms with van der Waals surface area (Å²) in [4.78, 5) is 12.2. The third-order valence-corrected chi connectivity index (χ3v) is 9.27. The van der Waals surface area contributed by atoms with Crippen molar-refractivity contribution in [3.05, 3.63) is 96.1 Å². The van der Waals surface area contributed by atoms with E-state index >= 15 is 0 Å². The highest BCUT2D eigenvalue weighted by atomic mass is 32.2. The zero-order chi connectivity index (χ0) is 32.5. The molecule has 0 aromatic heterocycles. The average Bonchev–Trinajstić information content (AvgIpc) is 3.05. The molecule has 0 aliphatic carbocycles. The number of carbonyl (C=O) groups excluding carboxylic acids is 1. The third-order valence-electron chi connectivity index (χ3n) is 7.88. The van der Waals surface area contributed by atoms with Gasteiger partial charge in [0, 0.05) is 17.9 Å². The number of phenolic OH excluding ortho intramolecular Hbond substituents is 2. The summed E-state index contributed by atoms with van der Waals surface area (Å²) >= 11 is 0. The van der Waals surface area contributed by atoms with Gasteiger partial charge >= 0.3 is 6.03 Å². The zero-order valence-corrected chi connectivity index (χ0v) is 26.6. The number of hydrogen-bond acceptors (Lipinski definition) is 7. The fourth-order valence-corrected chi connectivity index (χ4v) is 6.39. The highest BCUT2D eigenvalue weighted by molar-refractivity contribution is 7.92. The first-order valence-electron chi connectivity index (χ1n) is 15.5. The lowest BCUT2D eigenvalue weighted by molar-refractivity contribution is 0.252. The van der Waals surface area contributed by atoms with Gasteiger partial charge in [0.05, 0.1) is 10.9 Å². The summed E-state index contributed by atoms with van der Waals surface area (Å²) in [6.45, 7) is 3.84. The van der Waals surface area contributed by atoms with Crippen molar-refractivity contribution in [3.63, 3.8) is 0 Å². The standard InChI is InChI=1S/C35H40N4O6S/c1-2-3-4-5-19-37-35(42)38-27-12-16-30(17-13-27)46(43,44)39-28-10-6-24(7-11-28)25-8-14-29(15-9-25)45-23-32-31-22-34(41)33(40)21-26(31)18-20-36-32/h6-17,21-22,32,36,39-41H,2-5,18-20,23H2,1H3,(H2,37,38,42). The van der Waals surface area contributed by atoms with Crippen LogP contribution in [0, 0.1) is 0 Å². The first-order valence-corrected chi connectivity index (χ1v) is 17.0. The SMILES string of the molecule is CCCCCCNC(=O)Nc1ccc(S(=O)(=O)Nc2ccc(-c3ccc(OCC4NCCc5cc(O)c(O)cc54)cc3)cc2)cc1. The molecule has 10 nitrogen and oxygen atoms in total. The van der Waals surface area contributed by atoms with Crippen molar-refractivity contribution in [3.8, 4) is 28.4 Å². The largest absolute Gasteiger partial charge is 0.504 e. The third kappa shape index (κ3) is 8.49. The van der Waals surface area contributed by atoms with Crippen LogP contribution >= 0.6 is 0 Å². The van der Waals surface area contributed by atoms with Gasteiger partial charge in [0.25, 0.3) is 10.0 Å². The van der Waals surface area contributed by atoms with E-state index in [0.717, 1.165) is 60.9 Å². The van der Waals surface area contributed by atoms with E-state index in [2.05, 4.69) is 27.6 Å². The van der Waals surface area contributed by atoms with E-state index in [4.69, 9.17) is 4.74 Å². The minimum Gasteiger partial charge on any atom is -0.504 e. The van der Waals surface area contributed by atoms with E-state index in [0.29, 0.717) is 30.3 Å². The van der Waals surface area contributed by atoms with E-state index in [9.17, 15) is 23.4 Å². The Morgan fingerprint density at radius 2 is 1.52 bits per heavy atom. The van der Waals surface area contributed by atoms with Crippen molar-refractivity contribution in [2.24, 2.45) is 0 Å². The molecule has 2 amide bonds. The second kappa shape index (κ2) is 15.0. The number of benzene rings is 4. The first kappa shape index (κ1) is 32.6. The predicted molar refractivity (Wildman–Crippen MR) is 180 cm³/mol. The molecule has 0 spiro atoms. The van der Waals surface area contributed by atoms with Crippen molar-refractivity contribution in [1.82, 2.24) is 10.6 Å². The van der Waals surface area contributed by atoms with Gasteiger partial charge in [-0.25, -0.2) is 13.2 Å². The first-order chi connectivity index (χ1) is 22.2. The molecule has 1 atom stereocenters. The minimum absolute atomic E-state index is 0.0829. The summed E-state index contributed by atoms with van der Waals surface area (Å²) < 4.78 is 34.6. The van der Waals surface area contributed by atoms with Gasteiger partial charge in [0.15, 0.2) is 11.5 Å². The number of sulfonamides is 1. The molecule has 5 rings (SSSR count). The molecule has 46 heavy (non-hydrogen) atoms. The molecule has 1 unspecified atom stereocenters. The second-order valence-corrected chi connectivity index (χ2v) is 13.0.